The number of hydrogen-bond acceptors (Lipinski definition) is 4. The lowest BCUT2D eigenvalue weighted by atomic mass is 9.85. The van der Waals surface area contributed by atoms with Crippen molar-refractivity contribution >= 4 is 32.3 Å². The first-order valence-electron chi connectivity index (χ1n) is 12.0. The largest absolute Gasteiger partial charge is 0.497 e. The van der Waals surface area contributed by atoms with Crippen molar-refractivity contribution < 1.29 is 18.9 Å². The molecule has 0 amide bonds. The molecule has 0 aromatic heterocycles. The fourth-order valence-electron chi connectivity index (χ4n) is 5.57. The van der Waals surface area contributed by atoms with E-state index in [1.165, 1.54) is 21.5 Å². The predicted molar refractivity (Wildman–Crippen MR) is 143 cm³/mol. The minimum absolute atomic E-state index is 0.332. The van der Waals surface area contributed by atoms with Crippen LogP contribution in [0, 0.1) is 0 Å². The molecule has 4 nitrogen and oxygen atoms in total. The van der Waals surface area contributed by atoms with Crippen molar-refractivity contribution in [3.05, 3.63) is 108 Å². The highest BCUT2D eigenvalue weighted by atomic mass is 16.6. The third-order valence-electron chi connectivity index (χ3n) is 7.39. The van der Waals surface area contributed by atoms with Gasteiger partial charge in [0, 0.05) is 32.7 Å². The molecule has 0 saturated heterocycles. The summed E-state index contributed by atoms with van der Waals surface area (Å²) >= 11 is 0. The molecule has 176 valence electrons. The van der Waals surface area contributed by atoms with Gasteiger partial charge < -0.3 is 18.9 Å². The molecule has 0 N–H and O–H groups in total. The van der Waals surface area contributed by atoms with Crippen LogP contribution in [-0.4, -0.2) is 20.8 Å². The number of methoxy groups -OCH3 is 2. The number of ether oxygens (including phenoxy) is 4. The second kappa shape index (κ2) is 7.79. The molecule has 0 aliphatic carbocycles. The topological polar surface area (TPSA) is 36.9 Å². The van der Waals surface area contributed by atoms with Crippen LogP contribution in [0.4, 0.5) is 0 Å². The summed E-state index contributed by atoms with van der Waals surface area (Å²) in [5.74, 6) is 3.15. The summed E-state index contributed by atoms with van der Waals surface area (Å²) in [6.45, 7) is 0.332. The summed E-state index contributed by atoms with van der Waals surface area (Å²) in [6, 6.07) is 33.2. The Morgan fingerprint density at radius 1 is 0.583 bits per heavy atom. The van der Waals surface area contributed by atoms with Crippen molar-refractivity contribution in [2.45, 2.75) is 5.60 Å². The van der Waals surface area contributed by atoms with Crippen molar-refractivity contribution in [1.29, 1.82) is 0 Å². The molecular formula is C32H24O4. The van der Waals surface area contributed by atoms with Crippen LogP contribution >= 0.6 is 0 Å². The molecule has 1 aliphatic rings. The summed E-state index contributed by atoms with van der Waals surface area (Å²) in [4.78, 5) is 0. The fraction of sp³-hybridized carbons (Fsp3) is 0.125. The Labute approximate surface area is 208 Å². The molecule has 1 heterocycles. The van der Waals surface area contributed by atoms with E-state index in [0.29, 0.717) is 6.61 Å². The fourth-order valence-corrected chi connectivity index (χ4v) is 5.57. The average Bonchev–Trinajstić information content (AvgIpc) is 2.96. The molecule has 1 aliphatic heterocycles. The van der Waals surface area contributed by atoms with E-state index in [1.807, 2.05) is 24.3 Å². The van der Waals surface area contributed by atoms with Crippen molar-refractivity contribution in [3.63, 3.8) is 0 Å². The van der Waals surface area contributed by atoms with E-state index in [1.54, 1.807) is 14.2 Å². The Hall–Kier alpha value is -4.44. The van der Waals surface area contributed by atoms with Crippen LogP contribution in [0.25, 0.3) is 32.3 Å². The van der Waals surface area contributed by atoms with Gasteiger partial charge in [-0.15, -0.1) is 0 Å². The standard InChI is InChI=1S/C32H24O4/c1-33-24-15-11-22(12-16-24)32(23-13-17-25(34-2)18-14-23)19-35-30-26-7-3-5-20-9-10-21-6-4-8-27(31(30)36-32)29(21)28(20)26/h3-18H,19H2,1-2H3. The number of hydrogen-bond donors (Lipinski definition) is 0. The van der Waals surface area contributed by atoms with Crippen molar-refractivity contribution in [3.8, 4) is 23.0 Å². The molecule has 0 radical (unpaired) electrons. The van der Waals surface area contributed by atoms with E-state index in [0.717, 1.165) is 44.9 Å². The normalized spacial score (nSPS) is 14.4. The maximum Gasteiger partial charge on any atom is 0.193 e. The highest BCUT2D eigenvalue weighted by molar-refractivity contribution is 6.26. The van der Waals surface area contributed by atoms with Gasteiger partial charge in [-0.3, -0.25) is 0 Å². The molecule has 6 aromatic carbocycles. The maximum absolute atomic E-state index is 7.15. The highest BCUT2D eigenvalue weighted by Gasteiger charge is 2.43. The Kier molecular flexibility index (Phi) is 4.52. The maximum atomic E-state index is 7.15. The van der Waals surface area contributed by atoms with Crippen LogP contribution in [0.1, 0.15) is 11.1 Å². The van der Waals surface area contributed by atoms with Gasteiger partial charge in [0.05, 0.1) is 14.2 Å². The van der Waals surface area contributed by atoms with Crippen molar-refractivity contribution in [2.75, 3.05) is 20.8 Å². The summed E-state index contributed by atoms with van der Waals surface area (Å²) in [6.07, 6.45) is 0. The van der Waals surface area contributed by atoms with E-state index < -0.39 is 5.60 Å². The van der Waals surface area contributed by atoms with E-state index in [4.69, 9.17) is 18.9 Å². The molecule has 4 heteroatoms. The van der Waals surface area contributed by atoms with Gasteiger partial charge in [-0.25, -0.2) is 0 Å². The average molecular weight is 473 g/mol. The van der Waals surface area contributed by atoms with Crippen LogP contribution in [-0.2, 0) is 5.60 Å². The zero-order valence-electron chi connectivity index (χ0n) is 20.1. The smallest absolute Gasteiger partial charge is 0.193 e. The molecular weight excluding hydrogens is 448 g/mol. The second-order valence-electron chi connectivity index (χ2n) is 9.21. The van der Waals surface area contributed by atoms with Gasteiger partial charge in [-0.2, -0.15) is 0 Å². The van der Waals surface area contributed by atoms with Crippen LogP contribution in [0.5, 0.6) is 23.0 Å². The van der Waals surface area contributed by atoms with Crippen molar-refractivity contribution in [1.82, 2.24) is 0 Å². The Morgan fingerprint density at radius 2 is 1.08 bits per heavy atom. The molecule has 7 rings (SSSR count). The summed E-state index contributed by atoms with van der Waals surface area (Å²) < 4.78 is 24.7. The molecule has 0 fully saturated rings. The SMILES string of the molecule is COc1ccc(C2(c3ccc(OC)cc3)COc3c(c4cccc5ccc6cccc3c6c54)O2)cc1. The predicted octanol–water partition coefficient (Wildman–Crippen LogP) is 7.32. The monoisotopic (exact) mass is 472 g/mol. The molecule has 0 spiro atoms. The number of rotatable bonds is 4. The Bertz CT molecular complexity index is 1670. The molecule has 0 saturated carbocycles. The molecule has 36 heavy (non-hydrogen) atoms. The quantitative estimate of drug-likeness (QED) is 0.252. The van der Waals surface area contributed by atoms with Gasteiger partial charge in [-0.1, -0.05) is 72.8 Å². The summed E-state index contributed by atoms with van der Waals surface area (Å²) in [5.41, 5.74) is 1.13. The summed E-state index contributed by atoms with van der Waals surface area (Å²) in [5, 5.41) is 6.93. The van der Waals surface area contributed by atoms with Gasteiger partial charge in [0.15, 0.2) is 17.1 Å². The lowest BCUT2D eigenvalue weighted by Gasteiger charge is -2.40. The first-order chi connectivity index (χ1) is 17.7. The van der Waals surface area contributed by atoms with Gasteiger partial charge in [-0.05, 0) is 35.0 Å². The second-order valence-corrected chi connectivity index (χ2v) is 9.21. The molecule has 0 bridgehead atoms. The molecule has 0 atom stereocenters. The van der Waals surface area contributed by atoms with Crippen molar-refractivity contribution in [2.24, 2.45) is 0 Å². The molecule has 6 aromatic rings. The highest BCUT2D eigenvalue weighted by Crippen LogP contribution is 2.53. The summed E-state index contributed by atoms with van der Waals surface area (Å²) in [7, 11) is 3.35. The third-order valence-corrected chi connectivity index (χ3v) is 7.39. The minimum Gasteiger partial charge on any atom is -0.497 e. The molecule has 0 unspecified atom stereocenters. The first-order valence-corrected chi connectivity index (χ1v) is 12.0. The Balaban J connectivity index is 1.51. The number of fused-ring (bicyclic) bond motifs is 3. The first kappa shape index (κ1) is 20.9. The van der Waals surface area contributed by atoms with E-state index in [2.05, 4.69) is 72.8 Å². The van der Waals surface area contributed by atoms with Crippen LogP contribution < -0.4 is 18.9 Å². The Morgan fingerprint density at radius 3 is 1.58 bits per heavy atom. The van der Waals surface area contributed by atoms with E-state index >= 15 is 0 Å². The van der Waals surface area contributed by atoms with E-state index in [9.17, 15) is 0 Å². The number of benzene rings is 6. The van der Waals surface area contributed by atoms with Gasteiger partial charge in [0.25, 0.3) is 0 Å². The van der Waals surface area contributed by atoms with Gasteiger partial charge >= 0.3 is 0 Å². The lowest BCUT2D eigenvalue weighted by molar-refractivity contribution is 0.0235. The van der Waals surface area contributed by atoms with Crippen LogP contribution in [0.3, 0.4) is 0 Å². The van der Waals surface area contributed by atoms with Gasteiger partial charge in [0.2, 0.25) is 0 Å². The van der Waals surface area contributed by atoms with Crippen LogP contribution in [0.15, 0.2) is 97.1 Å². The van der Waals surface area contributed by atoms with E-state index in [-0.39, 0.29) is 0 Å². The van der Waals surface area contributed by atoms with Crippen LogP contribution in [0.2, 0.25) is 0 Å². The zero-order chi connectivity index (χ0) is 24.3. The minimum atomic E-state index is -0.847. The lowest BCUT2D eigenvalue weighted by Crippen LogP contribution is -2.43. The third kappa shape index (κ3) is 2.88. The zero-order valence-corrected chi connectivity index (χ0v) is 20.1. The van der Waals surface area contributed by atoms with Gasteiger partial charge in [0.1, 0.15) is 18.1 Å².